The van der Waals surface area contributed by atoms with Gasteiger partial charge in [0.05, 0.1) is 0 Å². The van der Waals surface area contributed by atoms with E-state index in [2.05, 4.69) is 72.2 Å². The molecule has 1 fully saturated rings. The standard InChI is InChI=1S/C25H35N3O.C2H2O4/c1-4-25(29)28(24-12-8-9-21(2)19-24)22(3)20-27-17-15-26(16-18-27)14-13-23-10-6-5-7-11-23;3-1(4)2(5)6/h5-12,19,22H,4,13-18,20H2,1-3H3;(H,3,4)(H,5,6). The number of piperazine rings is 1. The predicted molar refractivity (Wildman–Crippen MR) is 137 cm³/mol. The van der Waals surface area contributed by atoms with Crippen molar-refractivity contribution in [1.29, 1.82) is 0 Å². The molecule has 0 aliphatic carbocycles. The Morgan fingerprint density at radius 1 is 0.914 bits per heavy atom. The van der Waals surface area contributed by atoms with Gasteiger partial charge < -0.3 is 20.0 Å². The lowest BCUT2D eigenvalue weighted by Crippen LogP contribution is -2.52. The molecule has 1 unspecified atom stereocenters. The van der Waals surface area contributed by atoms with E-state index < -0.39 is 11.9 Å². The van der Waals surface area contributed by atoms with E-state index in [0.717, 1.165) is 51.4 Å². The van der Waals surface area contributed by atoms with E-state index in [1.54, 1.807) is 0 Å². The van der Waals surface area contributed by atoms with E-state index in [9.17, 15) is 4.79 Å². The van der Waals surface area contributed by atoms with Crippen LogP contribution in [0.25, 0.3) is 0 Å². The molecule has 1 aliphatic heterocycles. The Balaban J connectivity index is 0.000000641. The second kappa shape index (κ2) is 14.2. The molecule has 35 heavy (non-hydrogen) atoms. The number of nitrogens with zero attached hydrogens (tertiary/aromatic N) is 3. The third-order valence-corrected chi connectivity index (χ3v) is 6.02. The van der Waals surface area contributed by atoms with Crippen molar-refractivity contribution in [2.24, 2.45) is 0 Å². The highest BCUT2D eigenvalue weighted by Crippen LogP contribution is 2.21. The number of rotatable bonds is 8. The molecule has 0 saturated carbocycles. The van der Waals surface area contributed by atoms with E-state index in [-0.39, 0.29) is 11.9 Å². The molecule has 0 aromatic heterocycles. The maximum atomic E-state index is 12.7. The Kier molecular flexibility index (Phi) is 11.4. The van der Waals surface area contributed by atoms with Gasteiger partial charge in [-0.2, -0.15) is 0 Å². The molecule has 0 spiro atoms. The van der Waals surface area contributed by atoms with E-state index in [0.29, 0.717) is 6.42 Å². The lowest BCUT2D eigenvalue weighted by Gasteiger charge is -2.38. The molecule has 2 aromatic rings. The monoisotopic (exact) mass is 483 g/mol. The smallest absolute Gasteiger partial charge is 0.414 e. The molecule has 190 valence electrons. The summed E-state index contributed by atoms with van der Waals surface area (Å²) in [5.41, 5.74) is 3.62. The van der Waals surface area contributed by atoms with Crippen molar-refractivity contribution < 1.29 is 24.6 Å². The third kappa shape index (κ3) is 9.50. The first-order chi connectivity index (χ1) is 16.7. The zero-order valence-electron chi connectivity index (χ0n) is 20.9. The number of aliphatic carboxylic acids is 2. The summed E-state index contributed by atoms with van der Waals surface area (Å²) < 4.78 is 0. The molecule has 1 saturated heterocycles. The first-order valence-corrected chi connectivity index (χ1v) is 12.0. The molecule has 1 heterocycles. The van der Waals surface area contributed by atoms with Crippen LogP contribution in [0.2, 0.25) is 0 Å². The maximum absolute atomic E-state index is 12.7. The van der Waals surface area contributed by atoms with Crippen molar-refractivity contribution in [2.75, 3.05) is 44.2 Å². The highest BCUT2D eigenvalue weighted by molar-refractivity contribution is 6.27. The van der Waals surface area contributed by atoms with Crippen LogP contribution in [0.1, 0.15) is 31.4 Å². The SMILES string of the molecule is CCC(=O)N(c1cccc(C)c1)C(C)CN1CCN(CCc2ccccc2)CC1.O=C(O)C(=O)O. The van der Waals surface area contributed by atoms with Gasteiger partial charge in [-0.1, -0.05) is 49.4 Å². The second-order valence-electron chi connectivity index (χ2n) is 8.79. The zero-order valence-corrected chi connectivity index (χ0v) is 20.9. The average molecular weight is 484 g/mol. The average Bonchev–Trinajstić information content (AvgIpc) is 2.84. The van der Waals surface area contributed by atoms with Gasteiger partial charge in [-0.15, -0.1) is 0 Å². The summed E-state index contributed by atoms with van der Waals surface area (Å²) >= 11 is 0. The highest BCUT2D eigenvalue weighted by atomic mass is 16.4. The molecule has 2 aromatic carbocycles. The zero-order chi connectivity index (χ0) is 25.8. The number of benzene rings is 2. The van der Waals surface area contributed by atoms with Gasteiger partial charge in [0.25, 0.3) is 0 Å². The fourth-order valence-corrected chi connectivity index (χ4v) is 4.18. The van der Waals surface area contributed by atoms with Crippen LogP contribution in [0.3, 0.4) is 0 Å². The van der Waals surface area contributed by atoms with Crippen LogP contribution < -0.4 is 4.90 Å². The van der Waals surface area contributed by atoms with Crippen LogP contribution >= 0.6 is 0 Å². The van der Waals surface area contributed by atoms with E-state index >= 15 is 0 Å². The molecule has 3 rings (SSSR count). The quantitative estimate of drug-likeness (QED) is 0.556. The predicted octanol–water partition coefficient (Wildman–Crippen LogP) is 3.14. The Hall–Kier alpha value is -3.23. The summed E-state index contributed by atoms with van der Waals surface area (Å²) in [6.07, 6.45) is 1.65. The molecule has 1 amide bonds. The minimum absolute atomic E-state index is 0.167. The van der Waals surface area contributed by atoms with Crippen LogP contribution in [0, 0.1) is 6.92 Å². The van der Waals surface area contributed by atoms with Crippen molar-refractivity contribution in [3.8, 4) is 0 Å². The van der Waals surface area contributed by atoms with Gasteiger partial charge in [0.1, 0.15) is 0 Å². The van der Waals surface area contributed by atoms with Gasteiger partial charge in [-0.25, -0.2) is 9.59 Å². The normalized spacial score (nSPS) is 14.9. The van der Waals surface area contributed by atoms with Gasteiger partial charge in [-0.3, -0.25) is 9.69 Å². The Labute approximate surface area is 207 Å². The van der Waals surface area contributed by atoms with Gasteiger partial charge >= 0.3 is 11.9 Å². The largest absolute Gasteiger partial charge is 0.473 e. The second-order valence-corrected chi connectivity index (χ2v) is 8.79. The Bertz CT molecular complexity index is 946. The molecule has 8 nitrogen and oxygen atoms in total. The van der Waals surface area contributed by atoms with Crippen LogP contribution in [0.4, 0.5) is 5.69 Å². The molecule has 1 atom stereocenters. The number of anilines is 1. The number of carboxylic acids is 2. The van der Waals surface area contributed by atoms with Crippen LogP contribution in [0.15, 0.2) is 54.6 Å². The summed E-state index contributed by atoms with van der Waals surface area (Å²) in [7, 11) is 0. The molecule has 8 heteroatoms. The van der Waals surface area contributed by atoms with Crippen molar-refractivity contribution >= 4 is 23.5 Å². The maximum Gasteiger partial charge on any atom is 0.414 e. The number of hydrogen-bond acceptors (Lipinski definition) is 5. The van der Waals surface area contributed by atoms with Crippen LogP contribution in [-0.4, -0.2) is 83.2 Å². The van der Waals surface area contributed by atoms with Crippen molar-refractivity contribution in [1.82, 2.24) is 9.80 Å². The van der Waals surface area contributed by atoms with Crippen LogP contribution in [-0.2, 0) is 20.8 Å². The molecule has 2 N–H and O–H groups in total. The number of carbonyl (C=O) groups excluding carboxylic acids is 1. The number of amides is 1. The van der Waals surface area contributed by atoms with Gasteiger partial charge in [-0.05, 0) is 43.5 Å². The fraction of sp³-hybridized carbons (Fsp3) is 0.444. The first kappa shape index (κ1) is 28.0. The third-order valence-electron chi connectivity index (χ3n) is 6.02. The summed E-state index contributed by atoms with van der Waals surface area (Å²) in [6, 6.07) is 19.2. The number of aryl methyl sites for hydroxylation is 1. The van der Waals surface area contributed by atoms with Gasteiger partial charge in [0.15, 0.2) is 0 Å². The number of carbonyl (C=O) groups is 3. The van der Waals surface area contributed by atoms with E-state index in [4.69, 9.17) is 19.8 Å². The summed E-state index contributed by atoms with van der Waals surface area (Å²) in [4.78, 5) is 37.9. The molecule has 1 aliphatic rings. The minimum atomic E-state index is -1.82. The molecular formula is C27H37N3O5. The van der Waals surface area contributed by atoms with Crippen molar-refractivity contribution in [3.63, 3.8) is 0 Å². The van der Waals surface area contributed by atoms with Crippen molar-refractivity contribution in [3.05, 3.63) is 65.7 Å². The molecule has 0 bridgehead atoms. The molecular weight excluding hydrogens is 446 g/mol. The summed E-state index contributed by atoms with van der Waals surface area (Å²) in [5.74, 6) is -3.45. The number of hydrogen-bond donors (Lipinski definition) is 2. The first-order valence-electron chi connectivity index (χ1n) is 12.0. The van der Waals surface area contributed by atoms with Gasteiger partial charge in [0.2, 0.25) is 5.91 Å². The Morgan fingerprint density at radius 3 is 2.06 bits per heavy atom. The van der Waals surface area contributed by atoms with Crippen molar-refractivity contribution in [2.45, 2.75) is 39.7 Å². The molecule has 0 radical (unpaired) electrons. The van der Waals surface area contributed by atoms with E-state index in [1.165, 1.54) is 11.1 Å². The number of carboxylic acid groups (broad SMARTS) is 2. The minimum Gasteiger partial charge on any atom is -0.473 e. The summed E-state index contributed by atoms with van der Waals surface area (Å²) in [6.45, 7) is 12.6. The van der Waals surface area contributed by atoms with E-state index in [1.807, 2.05) is 17.9 Å². The van der Waals surface area contributed by atoms with Crippen LogP contribution in [0.5, 0.6) is 0 Å². The fourth-order valence-electron chi connectivity index (χ4n) is 4.18. The lowest BCUT2D eigenvalue weighted by atomic mass is 10.1. The Morgan fingerprint density at radius 2 is 1.51 bits per heavy atom. The lowest BCUT2D eigenvalue weighted by molar-refractivity contribution is -0.159. The van der Waals surface area contributed by atoms with Gasteiger partial charge in [0, 0.05) is 57.4 Å². The summed E-state index contributed by atoms with van der Waals surface area (Å²) in [5, 5.41) is 14.8. The topological polar surface area (TPSA) is 101 Å². The highest BCUT2D eigenvalue weighted by Gasteiger charge is 2.25.